The predicted molar refractivity (Wildman–Crippen MR) is 206 cm³/mol. The van der Waals surface area contributed by atoms with Crippen LogP contribution in [0.2, 0.25) is 0 Å². The number of aromatic nitrogens is 1. The van der Waals surface area contributed by atoms with Crippen molar-refractivity contribution < 1.29 is 29.4 Å². The first kappa shape index (κ1) is 44.1. The summed E-state index contributed by atoms with van der Waals surface area (Å²) in [6.07, 6.45) is 4.40. The van der Waals surface area contributed by atoms with Crippen LogP contribution in [-0.2, 0) is 20.8 Å². The van der Waals surface area contributed by atoms with Gasteiger partial charge in [0.05, 0.1) is 36.8 Å². The summed E-state index contributed by atoms with van der Waals surface area (Å²) in [4.78, 5) is 58.1. The summed E-state index contributed by atoms with van der Waals surface area (Å²) in [5.74, 6) is -1.87. The quantitative estimate of drug-likeness (QED) is 0.0807. The van der Waals surface area contributed by atoms with Gasteiger partial charge >= 0.3 is 0 Å². The lowest BCUT2D eigenvalue weighted by molar-refractivity contribution is -0.131. The number of unbranched alkanes of at least 4 members (excludes halogenated alkanes) is 1. The molecule has 13 heteroatoms. The van der Waals surface area contributed by atoms with Crippen molar-refractivity contribution in [1.29, 1.82) is 0 Å². The second-order valence-electron chi connectivity index (χ2n) is 14.0. The average molecular weight is 741 g/mol. The third-order valence-corrected chi connectivity index (χ3v) is 8.69. The number of fused-ring (bicyclic) bond motifs is 1. The van der Waals surface area contributed by atoms with Crippen LogP contribution < -0.4 is 27.0 Å². The monoisotopic (exact) mass is 740 g/mol. The van der Waals surface area contributed by atoms with Crippen LogP contribution in [0.4, 0.5) is 0 Å². The Balaban J connectivity index is 0.00000936. The van der Waals surface area contributed by atoms with Crippen molar-refractivity contribution in [2.75, 3.05) is 13.2 Å². The fourth-order valence-electron chi connectivity index (χ4n) is 6.08. The van der Waals surface area contributed by atoms with Crippen molar-refractivity contribution in [3.8, 4) is 0 Å². The third-order valence-electron chi connectivity index (χ3n) is 8.69. The molecule has 3 rings (SSSR count). The zero-order valence-electron chi connectivity index (χ0n) is 30.7. The molecule has 0 saturated carbocycles. The molecule has 0 aliphatic rings. The Morgan fingerprint density at radius 1 is 0.808 bits per heavy atom. The highest BCUT2D eigenvalue weighted by molar-refractivity contribution is 5.98. The van der Waals surface area contributed by atoms with Crippen LogP contribution in [0.3, 0.4) is 0 Å². The van der Waals surface area contributed by atoms with Gasteiger partial charge < -0.3 is 37.2 Å². The normalized spacial score (nSPS) is 14.1. The molecule has 0 radical (unpaired) electrons. The molecule has 1 aromatic heterocycles. The molecule has 3 aromatic rings. The summed E-state index contributed by atoms with van der Waals surface area (Å²) in [7, 11) is 0. The lowest BCUT2D eigenvalue weighted by Gasteiger charge is -2.30. The van der Waals surface area contributed by atoms with Gasteiger partial charge in [0.15, 0.2) is 0 Å². The van der Waals surface area contributed by atoms with Gasteiger partial charge in [-0.05, 0) is 72.5 Å². The van der Waals surface area contributed by atoms with E-state index >= 15 is 0 Å². The molecule has 2 aromatic carbocycles. The van der Waals surface area contributed by atoms with Gasteiger partial charge in [-0.25, -0.2) is 0 Å². The third kappa shape index (κ3) is 14.5. The van der Waals surface area contributed by atoms with E-state index in [2.05, 4.69) is 26.3 Å². The second kappa shape index (κ2) is 22.8. The molecular formula is C39H57ClN6O6. The van der Waals surface area contributed by atoms with Crippen LogP contribution in [-0.4, -0.2) is 82.2 Å². The van der Waals surface area contributed by atoms with E-state index in [4.69, 9.17) is 5.73 Å². The number of benzene rings is 2. The van der Waals surface area contributed by atoms with Gasteiger partial charge in [-0.2, -0.15) is 0 Å². The molecule has 0 fully saturated rings. The van der Waals surface area contributed by atoms with E-state index < -0.39 is 53.9 Å². The molecule has 0 bridgehead atoms. The number of rotatable bonds is 21. The minimum absolute atomic E-state index is 0. The van der Waals surface area contributed by atoms with Gasteiger partial charge in [0, 0.05) is 18.8 Å². The van der Waals surface area contributed by atoms with Gasteiger partial charge in [-0.3, -0.25) is 24.2 Å². The Morgan fingerprint density at radius 2 is 1.50 bits per heavy atom. The maximum atomic E-state index is 14.1. The summed E-state index contributed by atoms with van der Waals surface area (Å²) in [6.45, 7) is 8.03. The van der Waals surface area contributed by atoms with Crippen molar-refractivity contribution in [1.82, 2.24) is 26.3 Å². The standard InChI is InChI=1S/C39H56N6O6.ClH/c1-25(2)19-32(35(47)22-36(48)42-30(24-46)15-7-8-17-40)43-38(50)33(20-26(3)4)45-39(51)34(44-37(49)29-14-10-18-41-23-29)21-28-13-9-12-27-11-5-6-16-31(27)28;/h5-6,9-14,16,18,23,25-26,30,32-35,46-47H,7-8,15,17,19-22,24,40H2,1-4H3,(H,42,48)(H,43,50)(H,44,49)(H,45,51);1H/t30-,32-,33-,34-,35-;/m0./s1. The topological polar surface area (TPSA) is 196 Å². The molecule has 0 unspecified atom stereocenters. The van der Waals surface area contributed by atoms with Crippen molar-refractivity contribution >= 4 is 46.8 Å². The van der Waals surface area contributed by atoms with Gasteiger partial charge in [0.1, 0.15) is 12.1 Å². The van der Waals surface area contributed by atoms with E-state index in [1.165, 1.54) is 6.20 Å². The van der Waals surface area contributed by atoms with Crippen molar-refractivity contribution in [3.63, 3.8) is 0 Å². The molecule has 12 nitrogen and oxygen atoms in total. The van der Waals surface area contributed by atoms with Gasteiger partial charge in [-0.1, -0.05) is 76.6 Å². The second-order valence-corrected chi connectivity index (χ2v) is 14.0. The Morgan fingerprint density at radius 3 is 2.15 bits per heavy atom. The van der Waals surface area contributed by atoms with Crippen molar-refractivity contribution in [2.24, 2.45) is 17.6 Å². The molecular weight excluding hydrogens is 684 g/mol. The molecule has 0 saturated heterocycles. The van der Waals surface area contributed by atoms with Crippen LogP contribution in [0.5, 0.6) is 0 Å². The fourth-order valence-corrected chi connectivity index (χ4v) is 6.08. The van der Waals surface area contributed by atoms with Crippen LogP contribution in [0.1, 0.15) is 82.1 Å². The van der Waals surface area contributed by atoms with Crippen LogP contribution in [0.15, 0.2) is 67.0 Å². The van der Waals surface area contributed by atoms with Crippen molar-refractivity contribution in [2.45, 2.75) is 103 Å². The highest BCUT2D eigenvalue weighted by atomic mass is 35.5. The average Bonchev–Trinajstić information content (AvgIpc) is 3.10. The number of amides is 4. The lowest BCUT2D eigenvalue weighted by Crippen LogP contribution is -2.57. The maximum Gasteiger partial charge on any atom is 0.253 e. The van der Waals surface area contributed by atoms with E-state index in [-0.39, 0.29) is 43.7 Å². The van der Waals surface area contributed by atoms with E-state index in [1.54, 1.807) is 18.3 Å². The van der Waals surface area contributed by atoms with Gasteiger partial charge in [-0.15, -0.1) is 12.4 Å². The number of carbonyl (C=O) groups excluding carboxylic acids is 4. The Bertz CT molecular complexity index is 1550. The predicted octanol–water partition coefficient (Wildman–Crippen LogP) is 3.42. The van der Waals surface area contributed by atoms with Crippen molar-refractivity contribution in [3.05, 3.63) is 78.1 Å². The number of nitrogens with one attached hydrogen (secondary N) is 4. The summed E-state index contributed by atoms with van der Waals surface area (Å²) in [5.41, 5.74) is 6.70. The number of nitrogens with two attached hydrogens (primary N) is 1. The lowest BCUT2D eigenvalue weighted by atomic mass is 9.95. The number of nitrogens with zero attached hydrogens (tertiary/aromatic N) is 1. The Hall–Kier alpha value is -4.10. The van der Waals surface area contributed by atoms with Crippen LogP contribution in [0, 0.1) is 11.8 Å². The largest absolute Gasteiger partial charge is 0.394 e. The summed E-state index contributed by atoms with van der Waals surface area (Å²) < 4.78 is 0. The van der Waals surface area contributed by atoms with Gasteiger partial charge in [0.2, 0.25) is 17.7 Å². The zero-order chi connectivity index (χ0) is 37.3. The Labute approximate surface area is 313 Å². The minimum Gasteiger partial charge on any atom is -0.394 e. The first-order valence-electron chi connectivity index (χ1n) is 18.0. The number of halogens is 1. The number of aliphatic hydroxyl groups is 2. The maximum absolute atomic E-state index is 14.1. The summed E-state index contributed by atoms with van der Waals surface area (Å²) in [5, 5.41) is 34.2. The number of hydrogen-bond acceptors (Lipinski definition) is 8. The Kier molecular flexibility index (Phi) is 19.3. The highest BCUT2D eigenvalue weighted by Crippen LogP contribution is 2.21. The first-order chi connectivity index (χ1) is 24.4. The number of carbonyl (C=O) groups is 4. The summed E-state index contributed by atoms with van der Waals surface area (Å²) >= 11 is 0. The van der Waals surface area contributed by atoms with E-state index in [1.807, 2.05) is 70.2 Å². The molecule has 4 amide bonds. The fraction of sp³-hybridized carbons (Fsp3) is 0.513. The molecule has 0 spiro atoms. The SMILES string of the molecule is CC(C)C[C@H](NC(=O)[C@H](Cc1cccc2ccccc12)NC(=O)c1cccnc1)C(=O)N[C@@H](CC(C)C)[C@@H](O)CC(=O)N[C@H](CO)CCCCN.Cl. The van der Waals surface area contributed by atoms with E-state index in [0.29, 0.717) is 31.4 Å². The molecule has 8 N–H and O–H groups in total. The molecule has 286 valence electrons. The van der Waals surface area contributed by atoms with Crippen LogP contribution in [0.25, 0.3) is 10.8 Å². The molecule has 52 heavy (non-hydrogen) atoms. The highest BCUT2D eigenvalue weighted by Gasteiger charge is 2.32. The smallest absolute Gasteiger partial charge is 0.253 e. The number of pyridine rings is 1. The molecule has 1 heterocycles. The first-order valence-corrected chi connectivity index (χ1v) is 18.0. The molecule has 0 aliphatic carbocycles. The molecule has 5 atom stereocenters. The summed E-state index contributed by atoms with van der Waals surface area (Å²) in [6, 6.07) is 13.6. The van der Waals surface area contributed by atoms with Gasteiger partial charge in [0.25, 0.3) is 5.91 Å². The minimum atomic E-state index is -1.21. The zero-order valence-corrected chi connectivity index (χ0v) is 31.5. The number of hydrogen-bond donors (Lipinski definition) is 7. The van der Waals surface area contributed by atoms with Crippen LogP contribution >= 0.6 is 12.4 Å². The van der Waals surface area contributed by atoms with E-state index in [0.717, 1.165) is 29.2 Å². The molecule has 0 aliphatic heterocycles. The number of aliphatic hydroxyl groups excluding tert-OH is 2. The van der Waals surface area contributed by atoms with E-state index in [9.17, 15) is 29.4 Å².